The summed E-state index contributed by atoms with van der Waals surface area (Å²) >= 11 is 5.83. The van der Waals surface area contributed by atoms with Gasteiger partial charge in [0, 0.05) is 23.0 Å². The van der Waals surface area contributed by atoms with Gasteiger partial charge in [-0.15, -0.1) is 0 Å². The fraction of sp³-hybridized carbons (Fsp3) is 0.458. The van der Waals surface area contributed by atoms with Crippen LogP contribution in [0.3, 0.4) is 0 Å². The molecular weight excluding hydrogens is 387 g/mol. The molecular formula is C24H30ClFN2O. The summed E-state index contributed by atoms with van der Waals surface area (Å²) in [4.78, 5) is 15.1. The molecule has 0 spiro atoms. The number of carbonyl (C=O) groups is 1. The number of hydrogen-bond acceptors (Lipinski definition) is 2. The summed E-state index contributed by atoms with van der Waals surface area (Å²) in [6.45, 7) is 8.43. The van der Waals surface area contributed by atoms with Crippen LogP contribution in [0.25, 0.3) is 0 Å². The second-order valence-electron chi connectivity index (χ2n) is 8.12. The molecule has 1 heterocycles. The van der Waals surface area contributed by atoms with Crippen LogP contribution in [0.2, 0.25) is 5.02 Å². The van der Waals surface area contributed by atoms with E-state index in [1.807, 2.05) is 0 Å². The van der Waals surface area contributed by atoms with Crippen molar-refractivity contribution < 1.29 is 9.18 Å². The quantitative estimate of drug-likeness (QED) is 0.667. The first-order chi connectivity index (χ1) is 13.9. The van der Waals surface area contributed by atoms with Crippen molar-refractivity contribution in [3.05, 3.63) is 69.5 Å². The number of amides is 1. The SMILES string of the molecule is CC[C@@H](NC(=O)C1CCN(Cc2ccc(Cl)cc2F)CC1)c1ccc(C)cc1C. The van der Waals surface area contributed by atoms with Gasteiger partial charge in [0.05, 0.1) is 6.04 Å². The molecule has 0 radical (unpaired) electrons. The second kappa shape index (κ2) is 9.73. The largest absolute Gasteiger partial charge is 0.349 e. The molecule has 156 valence electrons. The van der Waals surface area contributed by atoms with Crippen molar-refractivity contribution in [2.24, 2.45) is 5.92 Å². The second-order valence-corrected chi connectivity index (χ2v) is 8.55. The smallest absolute Gasteiger partial charge is 0.223 e. The maximum Gasteiger partial charge on any atom is 0.223 e. The fourth-order valence-electron chi connectivity index (χ4n) is 4.15. The number of aryl methyl sites for hydroxylation is 2. The summed E-state index contributed by atoms with van der Waals surface area (Å²) in [5.41, 5.74) is 4.30. The van der Waals surface area contributed by atoms with Crippen molar-refractivity contribution in [2.45, 2.75) is 52.6 Å². The van der Waals surface area contributed by atoms with E-state index in [1.54, 1.807) is 12.1 Å². The highest BCUT2D eigenvalue weighted by atomic mass is 35.5. The lowest BCUT2D eigenvalue weighted by molar-refractivity contribution is -0.127. The summed E-state index contributed by atoms with van der Waals surface area (Å²) in [5, 5.41) is 3.67. The van der Waals surface area contributed by atoms with Crippen molar-refractivity contribution >= 4 is 17.5 Å². The van der Waals surface area contributed by atoms with Gasteiger partial charge in [-0.2, -0.15) is 0 Å². The molecule has 0 saturated carbocycles. The zero-order valence-corrected chi connectivity index (χ0v) is 18.2. The molecule has 0 unspecified atom stereocenters. The third-order valence-electron chi connectivity index (χ3n) is 5.89. The molecule has 0 bridgehead atoms. The number of rotatable bonds is 6. The standard InChI is InChI=1S/C24H30ClFN2O/c1-4-23(21-8-5-16(2)13-17(21)3)27-24(29)18-9-11-28(12-10-18)15-19-6-7-20(25)14-22(19)26/h5-8,13-14,18,23H,4,9-12,15H2,1-3H3,(H,27,29)/t23-/m1/s1. The molecule has 1 fully saturated rings. The minimum absolute atomic E-state index is 0.0149. The van der Waals surface area contributed by atoms with Gasteiger partial charge in [0.1, 0.15) is 5.82 Å². The number of carbonyl (C=O) groups excluding carboxylic acids is 1. The Morgan fingerprint density at radius 3 is 2.55 bits per heavy atom. The van der Waals surface area contributed by atoms with Crippen LogP contribution in [-0.4, -0.2) is 23.9 Å². The maximum atomic E-state index is 14.0. The van der Waals surface area contributed by atoms with Crippen LogP contribution >= 0.6 is 11.6 Å². The Hall–Kier alpha value is -1.91. The number of hydrogen-bond donors (Lipinski definition) is 1. The maximum absolute atomic E-state index is 14.0. The lowest BCUT2D eigenvalue weighted by Crippen LogP contribution is -2.41. The molecule has 1 aliphatic heterocycles. The number of halogens is 2. The van der Waals surface area contributed by atoms with E-state index in [1.165, 1.54) is 22.8 Å². The van der Waals surface area contributed by atoms with Crippen molar-refractivity contribution in [1.29, 1.82) is 0 Å². The first kappa shape index (κ1) is 21.8. The Morgan fingerprint density at radius 1 is 1.21 bits per heavy atom. The van der Waals surface area contributed by atoms with Crippen LogP contribution in [-0.2, 0) is 11.3 Å². The average Bonchev–Trinajstić information content (AvgIpc) is 2.69. The van der Waals surface area contributed by atoms with Crippen molar-refractivity contribution in [3.8, 4) is 0 Å². The van der Waals surface area contributed by atoms with Gasteiger partial charge >= 0.3 is 0 Å². The molecule has 3 rings (SSSR count). The van der Waals surface area contributed by atoms with Crippen molar-refractivity contribution in [1.82, 2.24) is 10.2 Å². The molecule has 2 aromatic carbocycles. The summed E-state index contributed by atoms with van der Waals surface area (Å²) in [5.74, 6) is -0.119. The minimum Gasteiger partial charge on any atom is -0.349 e. The molecule has 29 heavy (non-hydrogen) atoms. The topological polar surface area (TPSA) is 32.3 Å². The Bertz CT molecular complexity index is 862. The molecule has 5 heteroatoms. The molecule has 1 N–H and O–H groups in total. The van der Waals surface area contributed by atoms with Gasteiger partial charge in [0.15, 0.2) is 0 Å². The highest BCUT2D eigenvalue weighted by molar-refractivity contribution is 6.30. The van der Waals surface area contributed by atoms with Gasteiger partial charge in [-0.1, -0.05) is 48.4 Å². The monoisotopic (exact) mass is 416 g/mol. The number of piperidine rings is 1. The first-order valence-electron chi connectivity index (χ1n) is 10.4. The summed E-state index contributed by atoms with van der Waals surface area (Å²) in [6.07, 6.45) is 2.46. The van der Waals surface area contributed by atoms with E-state index in [9.17, 15) is 9.18 Å². The van der Waals surface area contributed by atoms with Gasteiger partial charge in [-0.3, -0.25) is 9.69 Å². The zero-order chi connectivity index (χ0) is 21.0. The highest BCUT2D eigenvalue weighted by Crippen LogP contribution is 2.25. The van der Waals surface area contributed by atoms with Crippen LogP contribution in [0.5, 0.6) is 0 Å². The first-order valence-corrected chi connectivity index (χ1v) is 10.8. The Balaban J connectivity index is 1.55. The summed E-state index contributed by atoms with van der Waals surface area (Å²) < 4.78 is 14.0. The van der Waals surface area contributed by atoms with E-state index in [2.05, 4.69) is 49.2 Å². The number of benzene rings is 2. The predicted molar refractivity (Wildman–Crippen MR) is 117 cm³/mol. The van der Waals surface area contributed by atoms with Gasteiger partial charge in [0.25, 0.3) is 0 Å². The van der Waals surface area contributed by atoms with E-state index in [0.717, 1.165) is 32.4 Å². The number of nitrogens with one attached hydrogen (secondary N) is 1. The third kappa shape index (κ3) is 5.58. The van der Waals surface area contributed by atoms with E-state index < -0.39 is 0 Å². The van der Waals surface area contributed by atoms with Gasteiger partial charge in [0.2, 0.25) is 5.91 Å². The minimum atomic E-state index is -0.267. The Labute approximate surface area is 178 Å². The van der Waals surface area contributed by atoms with Crippen molar-refractivity contribution in [3.63, 3.8) is 0 Å². The molecule has 0 aromatic heterocycles. The van der Waals surface area contributed by atoms with Crippen LogP contribution in [0.4, 0.5) is 4.39 Å². The lowest BCUT2D eigenvalue weighted by Gasteiger charge is -2.32. The van der Waals surface area contributed by atoms with Gasteiger partial charge in [-0.05, 0) is 69.5 Å². The molecule has 1 aliphatic rings. The van der Waals surface area contributed by atoms with Crippen molar-refractivity contribution in [2.75, 3.05) is 13.1 Å². The fourth-order valence-corrected chi connectivity index (χ4v) is 4.31. The highest BCUT2D eigenvalue weighted by Gasteiger charge is 2.27. The molecule has 1 saturated heterocycles. The van der Waals surface area contributed by atoms with Gasteiger partial charge < -0.3 is 5.32 Å². The number of nitrogens with zero attached hydrogens (tertiary/aromatic N) is 1. The van der Waals surface area contributed by atoms with Crippen LogP contribution in [0, 0.1) is 25.6 Å². The van der Waals surface area contributed by atoms with Crippen LogP contribution in [0.15, 0.2) is 36.4 Å². The van der Waals surface area contributed by atoms with Crippen LogP contribution < -0.4 is 5.32 Å². The van der Waals surface area contributed by atoms with E-state index in [4.69, 9.17) is 11.6 Å². The van der Waals surface area contributed by atoms with E-state index in [-0.39, 0.29) is 23.7 Å². The normalized spacial score (nSPS) is 16.6. The van der Waals surface area contributed by atoms with Crippen LogP contribution in [0.1, 0.15) is 54.5 Å². The van der Waals surface area contributed by atoms with Gasteiger partial charge in [-0.25, -0.2) is 4.39 Å². The Kier molecular flexibility index (Phi) is 7.31. The molecule has 2 aromatic rings. The molecule has 1 atom stereocenters. The van der Waals surface area contributed by atoms with E-state index >= 15 is 0 Å². The summed E-state index contributed by atoms with van der Waals surface area (Å²) in [7, 11) is 0. The summed E-state index contributed by atoms with van der Waals surface area (Å²) in [6, 6.07) is 11.3. The molecule has 1 amide bonds. The zero-order valence-electron chi connectivity index (χ0n) is 17.5. The predicted octanol–water partition coefficient (Wildman–Crippen LogP) is 5.58. The lowest BCUT2D eigenvalue weighted by atomic mass is 9.93. The average molecular weight is 417 g/mol. The third-order valence-corrected chi connectivity index (χ3v) is 6.13. The molecule has 0 aliphatic carbocycles. The van der Waals surface area contributed by atoms with E-state index in [0.29, 0.717) is 17.1 Å². The number of likely N-dealkylation sites (tertiary alicyclic amines) is 1. The Morgan fingerprint density at radius 2 is 1.93 bits per heavy atom. The molecule has 3 nitrogen and oxygen atoms in total.